The second-order valence-electron chi connectivity index (χ2n) is 15.1. The zero-order valence-corrected chi connectivity index (χ0v) is 31.4. The van der Waals surface area contributed by atoms with E-state index in [0.29, 0.717) is 0 Å². The highest BCUT2D eigenvalue weighted by Gasteiger charge is 2.20. The average molecular weight is 724 g/mol. The molecule has 0 N–H and O–H groups in total. The minimum absolute atomic E-state index is 0.976. The molecule has 0 radical (unpaired) electrons. The summed E-state index contributed by atoms with van der Waals surface area (Å²) in [4.78, 5) is 2.42. The summed E-state index contributed by atoms with van der Waals surface area (Å²) < 4.78 is 0. The van der Waals surface area contributed by atoms with Gasteiger partial charge in [0.1, 0.15) is 0 Å². The van der Waals surface area contributed by atoms with Crippen molar-refractivity contribution in [2.45, 2.75) is 0 Å². The van der Waals surface area contributed by atoms with Crippen molar-refractivity contribution in [2.75, 3.05) is 4.90 Å². The number of rotatable bonds is 6. The maximum atomic E-state index is 4.37. The highest BCUT2D eigenvalue weighted by Crippen LogP contribution is 2.46. The van der Waals surface area contributed by atoms with Crippen LogP contribution in [0.3, 0.4) is 0 Å². The van der Waals surface area contributed by atoms with Crippen LogP contribution in [-0.4, -0.2) is 0 Å². The van der Waals surface area contributed by atoms with Crippen LogP contribution in [0.25, 0.3) is 94.0 Å². The first kappa shape index (κ1) is 32.9. The number of nitrogens with zero attached hydrogens (tertiary/aromatic N) is 1. The lowest BCUT2D eigenvalue weighted by molar-refractivity contribution is 1.31. The summed E-state index contributed by atoms with van der Waals surface area (Å²) in [5, 5.41) is 17.3. The van der Waals surface area contributed by atoms with Crippen molar-refractivity contribution >= 4 is 99.9 Å². The van der Waals surface area contributed by atoms with Gasteiger partial charge in [-0.25, -0.2) is 0 Å². The van der Waals surface area contributed by atoms with Gasteiger partial charge >= 0.3 is 0 Å². The third-order valence-electron chi connectivity index (χ3n) is 11.8. The van der Waals surface area contributed by atoms with Crippen LogP contribution < -0.4 is 15.3 Å². The molecule has 0 bridgehead atoms. The van der Waals surface area contributed by atoms with E-state index in [4.69, 9.17) is 0 Å². The van der Waals surface area contributed by atoms with Gasteiger partial charge in [0.05, 0.1) is 5.69 Å². The van der Waals surface area contributed by atoms with Crippen molar-refractivity contribution in [1.29, 1.82) is 0 Å². The Morgan fingerprint density at radius 2 is 0.982 bits per heavy atom. The third kappa shape index (κ3) is 5.47. The van der Waals surface area contributed by atoms with Crippen LogP contribution in [0.15, 0.2) is 201 Å². The Morgan fingerprint density at radius 3 is 1.72 bits per heavy atom. The van der Waals surface area contributed by atoms with E-state index in [0.717, 1.165) is 38.6 Å². The van der Waals surface area contributed by atoms with Crippen LogP contribution in [0.1, 0.15) is 5.56 Å². The Labute approximate surface area is 331 Å². The fourth-order valence-corrected chi connectivity index (χ4v) is 8.95. The molecule has 11 aromatic rings. The van der Waals surface area contributed by atoms with Crippen LogP contribution in [0, 0.1) is 0 Å². The zero-order chi connectivity index (χ0) is 38.0. The van der Waals surface area contributed by atoms with Crippen molar-refractivity contribution in [2.24, 2.45) is 0 Å². The van der Waals surface area contributed by atoms with Gasteiger partial charge in [0.25, 0.3) is 0 Å². The molecule has 0 aliphatic carbocycles. The van der Waals surface area contributed by atoms with Crippen LogP contribution in [-0.2, 0) is 0 Å². The van der Waals surface area contributed by atoms with Gasteiger partial charge in [-0.05, 0) is 147 Å². The highest BCUT2D eigenvalue weighted by atomic mass is 15.1. The summed E-state index contributed by atoms with van der Waals surface area (Å²) in [5.41, 5.74) is 7.90. The monoisotopic (exact) mass is 723 g/mol. The van der Waals surface area contributed by atoms with Crippen LogP contribution in [0.4, 0.5) is 17.1 Å². The highest BCUT2D eigenvalue weighted by molar-refractivity contribution is 6.34. The number of allylic oxidation sites excluding steroid dienone is 1. The molecule has 0 spiro atoms. The summed E-state index contributed by atoms with van der Waals surface area (Å²) in [6.07, 6.45) is 2.12. The van der Waals surface area contributed by atoms with Gasteiger partial charge in [-0.3, -0.25) is 0 Å². The average Bonchev–Trinajstić information content (AvgIpc) is 3.26. The summed E-state index contributed by atoms with van der Waals surface area (Å²) in [5.74, 6) is 0. The molecule has 0 fully saturated rings. The quantitative estimate of drug-likeness (QED) is 0.122. The van der Waals surface area contributed by atoms with Crippen LogP contribution in [0.2, 0.25) is 0 Å². The molecule has 0 aliphatic rings. The lowest BCUT2D eigenvalue weighted by Crippen LogP contribution is -2.21. The topological polar surface area (TPSA) is 3.24 Å². The molecular formula is C56H37N. The molecule has 0 atom stereocenters. The molecule has 0 unspecified atom stereocenters. The van der Waals surface area contributed by atoms with Gasteiger partial charge in [-0.2, -0.15) is 0 Å². The minimum Gasteiger partial charge on any atom is -0.310 e. The van der Waals surface area contributed by atoms with Crippen LogP contribution in [0.5, 0.6) is 0 Å². The number of para-hydroxylation sites is 1. The lowest BCUT2D eigenvalue weighted by atomic mass is 9.89. The normalized spacial score (nSPS) is 12.1. The molecule has 0 heterocycles. The lowest BCUT2D eigenvalue weighted by Gasteiger charge is -2.28. The number of benzene rings is 11. The SMILES string of the molecule is C=C(/C=c1/ccccc1=C)c1ccc2cc(-c3ccc4cc(N(c5ccccc5)c5ccc6c7cccc8cccc(c9cccc5c96)c87)ccc4c3)ccc2c1. The fourth-order valence-electron chi connectivity index (χ4n) is 8.95. The van der Waals surface area contributed by atoms with E-state index >= 15 is 0 Å². The predicted octanol–water partition coefficient (Wildman–Crippen LogP) is 14.1. The number of anilines is 3. The van der Waals surface area contributed by atoms with E-state index in [9.17, 15) is 0 Å². The molecule has 57 heavy (non-hydrogen) atoms. The standard InChI is InChI=1S/C56H37N/c1-36-11-6-7-12-39(36)31-37(2)40-21-22-42-33-43(24-23-41(42)32-40)44-25-26-46-35-48(28-27-45(46)34-44)57(47-15-4-3-5-16-47)54-30-29-52-50-18-9-14-38-13-8-17-49(55(38)50)51-19-10-20-53(54)56(51)52/h3-35H,1-2H2/b39-31-. The van der Waals surface area contributed by atoms with Gasteiger partial charge in [0, 0.05) is 16.8 Å². The van der Waals surface area contributed by atoms with Crippen molar-refractivity contribution in [3.8, 4) is 11.1 Å². The van der Waals surface area contributed by atoms with Gasteiger partial charge in [-0.1, -0.05) is 159 Å². The van der Waals surface area contributed by atoms with Gasteiger partial charge in [0.2, 0.25) is 0 Å². The minimum atomic E-state index is 0.976. The van der Waals surface area contributed by atoms with Gasteiger partial charge in [0.15, 0.2) is 0 Å². The molecule has 0 saturated carbocycles. The van der Waals surface area contributed by atoms with E-state index in [2.05, 4.69) is 200 Å². The van der Waals surface area contributed by atoms with Crippen molar-refractivity contribution in [1.82, 2.24) is 0 Å². The van der Waals surface area contributed by atoms with Crippen molar-refractivity contribution in [3.63, 3.8) is 0 Å². The maximum absolute atomic E-state index is 4.37. The second-order valence-corrected chi connectivity index (χ2v) is 15.1. The number of hydrogen-bond donors (Lipinski definition) is 0. The smallest absolute Gasteiger partial charge is 0.0540 e. The Hall–Kier alpha value is -7.48. The third-order valence-corrected chi connectivity index (χ3v) is 11.8. The first-order valence-corrected chi connectivity index (χ1v) is 19.5. The molecule has 1 heteroatoms. The Morgan fingerprint density at radius 1 is 0.404 bits per heavy atom. The predicted molar refractivity (Wildman–Crippen MR) is 247 cm³/mol. The van der Waals surface area contributed by atoms with E-state index < -0.39 is 0 Å². The number of hydrogen-bond acceptors (Lipinski definition) is 1. The Kier molecular flexibility index (Phi) is 7.55. The van der Waals surface area contributed by atoms with Crippen molar-refractivity contribution < 1.29 is 0 Å². The maximum Gasteiger partial charge on any atom is 0.0540 e. The Balaban J connectivity index is 0.985. The molecule has 1 nitrogen and oxygen atoms in total. The molecule has 0 aromatic heterocycles. The molecule has 11 rings (SSSR count). The first-order chi connectivity index (χ1) is 28.1. The summed E-state index contributed by atoms with van der Waals surface area (Å²) in [6.45, 7) is 8.53. The molecule has 0 amide bonds. The summed E-state index contributed by atoms with van der Waals surface area (Å²) in [6, 6.07) is 70.8. The van der Waals surface area contributed by atoms with E-state index in [-0.39, 0.29) is 0 Å². The molecular weight excluding hydrogens is 687 g/mol. The van der Waals surface area contributed by atoms with Crippen molar-refractivity contribution in [3.05, 3.63) is 217 Å². The fraction of sp³-hybridized carbons (Fsp3) is 0. The molecule has 266 valence electrons. The molecule has 11 aromatic carbocycles. The first-order valence-electron chi connectivity index (χ1n) is 19.5. The van der Waals surface area contributed by atoms with Gasteiger partial charge in [-0.15, -0.1) is 0 Å². The second kappa shape index (κ2) is 13.1. The van der Waals surface area contributed by atoms with Crippen LogP contribution >= 0.6 is 0 Å². The van der Waals surface area contributed by atoms with E-state index in [1.54, 1.807) is 0 Å². The summed E-state index contributed by atoms with van der Waals surface area (Å²) >= 11 is 0. The molecule has 0 aliphatic heterocycles. The van der Waals surface area contributed by atoms with E-state index in [1.165, 1.54) is 75.8 Å². The summed E-state index contributed by atoms with van der Waals surface area (Å²) in [7, 11) is 0. The van der Waals surface area contributed by atoms with E-state index in [1.807, 2.05) is 18.2 Å². The largest absolute Gasteiger partial charge is 0.310 e. The zero-order valence-electron chi connectivity index (χ0n) is 31.4. The molecule has 0 saturated heterocycles. The van der Waals surface area contributed by atoms with Gasteiger partial charge < -0.3 is 4.90 Å². The number of fused-ring (bicyclic) bond motifs is 4. The Bertz CT molecular complexity index is 3450.